The molecule has 1 aromatic carbocycles. The second kappa shape index (κ2) is 6.13. The summed E-state index contributed by atoms with van der Waals surface area (Å²) in [6, 6.07) is 6.13. The molecule has 1 aromatic heterocycles. The van der Waals surface area contributed by atoms with E-state index in [2.05, 4.69) is 27.1 Å². The number of halogens is 1. The average Bonchev–Trinajstić information content (AvgIpc) is 2.59. The van der Waals surface area contributed by atoms with E-state index in [-0.39, 0.29) is 5.82 Å². The van der Waals surface area contributed by atoms with Gasteiger partial charge in [0.25, 0.3) is 0 Å². The van der Waals surface area contributed by atoms with Crippen molar-refractivity contribution in [1.82, 2.24) is 14.9 Å². The van der Waals surface area contributed by atoms with Gasteiger partial charge in [-0.25, -0.2) is 14.4 Å². The number of aryl methyl sites for hydroxylation is 1. The van der Waals surface area contributed by atoms with Crippen molar-refractivity contribution in [2.45, 2.75) is 38.8 Å². The Balaban J connectivity index is 1.52. The lowest BCUT2D eigenvalue weighted by Crippen LogP contribution is -2.59. The monoisotopic (exact) mass is 326 g/mol. The number of hydrogen-bond donors (Lipinski definition) is 1. The molecule has 5 heteroatoms. The fourth-order valence-corrected chi connectivity index (χ4v) is 4.09. The molecule has 4 heterocycles. The lowest BCUT2D eigenvalue weighted by molar-refractivity contribution is 0.0455. The molecule has 2 unspecified atom stereocenters. The number of piperidine rings is 3. The standard InChI is InChI=1S/C19H23FN4/c1-12-3-4-16(17(20)9-12)15-10-21-19(22-11-15)23-18-13(2)24-7-5-14(18)6-8-24/h3-4,9-11,13-14,18H,5-8H2,1-2H3,(H,21,22,23). The Morgan fingerprint density at radius 1 is 1.17 bits per heavy atom. The summed E-state index contributed by atoms with van der Waals surface area (Å²) in [7, 11) is 0. The maximum atomic E-state index is 14.1. The van der Waals surface area contributed by atoms with Gasteiger partial charge in [0.2, 0.25) is 5.95 Å². The summed E-state index contributed by atoms with van der Waals surface area (Å²) < 4.78 is 14.1. The molecule has 5 rings (SSSR count). The first-order valence-corrected chi connectivity index (χ1v) is 8.71. The van der Waals surface area contributed by atoms with Crippen LogP contribution in [0.25, 0.3) is 11.1 Å². The van der Waals surface area contributed by atoms with Crippen LogP contribution in [0.15, 0.2) is 30.6 Å². The molecule has 24 heavy (non-hydrogen) atoms. The summed E-state index contributed by atoms with van der Waals surface area (Å²) in [5.74, 6) is 1.10. The maximum absolute atomic E-state index is 14.1. The molecular formula is C19H23FN4. The molecule has 2 bridgehead atoms. The minimum absolute atomic E-state index is 0.231. The first kappa shape index (κ1) is 15.5. The van der Waals surface area contributed by atoms with Crippen LogP contribution in [0, 0.1) is 18.7 Å². The Morgan fingerprint density at radius 2 is 1.88 bits per heavy atom. The Kier molecular flexibility index (Phi) is 3.96. The Morgan fingerprint density at radius 3 is 2.50 bits per heavy atom. The SMILES string of the molecule is Cc1ccc(-c2cnc(NC3C4CCN(CC4)C3C)nc2)c(F)c1. The van der Waals surface area contributed by atoms with Crippen molar-refractivity contribution in [2.75, 3.05) is 18.4 Å². The van der Waals surface area contributed by atoms with Gasteiger partial charge in [-0.2, -0.15) is 0 Å². The van der Waals surface area contributed by atoms with Crippen LogP contribution in [0.5, 0.6) is 0 Å². The number of fused-ring (bicyclic) bond motifs is 3. The van der Waals surface area contributed by atoms with Gasteiger partial charge >= 0.3 is 0 Å². The van der Waals surface area contributed by atoms with Crippen molar-refractivity contribution in [3.8, 4) is 11.1 Å². The van der Waals surface area contributed by atoms with Gasteiger partial charge in [0.15, 0.2) is 0 Å². The van der Waals surface area contributed by atoms with Crippen LogP contribution >= 0.6 is 0 Å². The number of nitrogens with zero attached hydrogens (tertiary/aromatic N) is 3. The fourth-order valence-electron chi connectivity index (χ4n) is 4.09. The number of anilines is 1. The third-order valence-corrected chi connectivity index (χ3v) is 5.56. The van der Waals surface area contributed by atoms with Crippen LogP contribution in [0.4, 0.5) is 10.3 Å². The average molecular weight is 326 g/mol. The van der Waals surface area contributed by atoms with Gasteiger partial charge in [-0.05, 0) is 57.3 Å². The lowest BCUT2D eigenvalue weighted by atomic mass is 9.79. The van der Waals surface area contributed by atoms with Crippen molar-refractivity contribution >= 4 is 5.95 Å². The van der Waals surface area contributed by atoms with Crippen molar-refractivity contribution < 1.29 is 4.39 Å². The zero-order valence-corrected chi connectivity index (χ0v) is 14.2. The molecule has 0 amide bonds. The Hall–Kier alpha value is -2.01. The van der Waals surface area contributed by atoms with E-state index < -0.39 is 0 Å². The number of benzene rings is 1. The molecule has 4 nitrogen and oxygen atoms in total. The molecule has 3 aliphatic heterocycles. The maximum Gasteiger partial charge on any atom is 0.222 e. The highest BCUT2D eigenvalue weighted by Gasteiger charge is 2.39. The van der Waals surface area contributed by atoms with Crippen molar-refractivity contribution in [1.29, 1.82) is 0 Å². The summed E-state index contributed by atoms with van der Waals surface area (Å²) in [6.07, 6.45) is 5.90. The second-order valence-corrected chi connectivity index (χ2v) is 7.06. The predicted molar refractivity (Wildman–Crippen MR) is 93.3 cm³/mol. The molecule has 2 atom stereocenters. The molecule has 0 spiro atoms. The lowest BCUT2D eigenvalue weighted by Gasteiger charge is -2.49. The van der Waals surface area contributed by atoms with E-state index in [1.54, 1.807) is 18.5 Å². The van der Waals surface area contributed by atoms with Gasteiger partial charge in [-0.1, -0.05) is 12.1 Å². The highest BCUT2D eigenvalue weighted by Crippen LogP contribution is 2.33. The van der Waals surface area contributed by atoms with E-state index in [0.29, 0.717) is 35.1 Å². The second-order valence-electron chi connectivity index (χ2n) is 7.06. The van der Waals surface area contributed by atoms with E-state index in [1.807, 2.05) is 13.0 Å². The summed E-state index contributed by atoms with van der Waals surface area (Å²) in [5, 5.41) is 3.51. The number of rotatable bonds is 3. The van der Waals surface area contributed by atoms with Crippen molar-refractivity contribution in [3.05, 3.63) is 42.0 Å². The zero-order valence-electron chi connectivity index (χ0n) is 14.2. The van der Waals surface area contributed by atoms with Crippen molar-refractivity contribution in [3.63, 3.8) is 0 Å². The van der Waals surface area contributed by atoms with Crippen LogP contribution < -0.4 is 5.32 Å². The fraction of sp³-hybridized carbons (Fsp3) is 0.474. The minimum atomic E-state index is -0.231. The quantitative estimate of drug-likeness (QED) is 0.937. The predicted octanol–water partition coefficient (Wildman–Crippen LogP) is 3.49. The first-order chi connectivity index (χ1) is 11.6. The molecule has 0 radical (unpaired) electrons. The smallest absolute Gasteiger partial charge is 0.222 e. The Bertz CT molecular complexity index is 721. The van der Waals surface area contributed by atoms with Gasteiger partial charge < -0.3 is 5.32 Å². The largest absolute Gasteiger partial charge is 0.350 e. The topological polar surface area (TPSA) is 41.1 Å². The van der Waals surface area contributed by atoms with Crippen LogP contribution in [0.2, 0.25) is 0 Å². The highest BCUT2D eigenvalue weighted by atomic mass is 19.1. The van der Waals surface area contributed by atoms with Crippen LogP contribution in [-0.4, -0.2) is 40.0 Å². The number of aromatic nitrogens is 2. The van der Waals surface area contributed by atoms with Gasteiger partial charge in [0, 0.05) is 35.6 Å². The molecule has 0 saturated carbocycles. The van der Waals surface area contributed by atoms with E-state index in [9.17, 15) is 4.39 Å². The zero-order chi connectivity index (χ0) is 16.7. The first-order valence-electron chi connectivity index (χ1n) is 8.71. The van der Waals surface area contributed by atoms with E-state index in [4.69, 9.17) is 0 Å². The molecule has 3 aliphatic rings. The molecule has 3 fully saturated rings. The normalized spacial score (nSPS) is 28.8. The van der Waals surface area contributed by atoms with Gasteiger partial charge in [0.05, 0.1) is 0 Å². The third kappa shape index (κ3) is 2.77. The molecule has 0 aliphatic carbocycles. The van der Waals surface area contributed by atoms with Crippen LogP contribution in [0.1, 0.15) is 25.3 Å². The van der Waals surface area contributed by atoms with Crippen molar-refractivity contribution in [2.24, 2.45) is 5.92 Å². The van der Waals surface area contributed by atoms with Gasteiger partial charge in [-0.3, -0.25) is 4.90 Å². The molecule has 3 saturated heterocycles. The van der Waals surface area contributed by atoms with E-state index in [0.717, 1.165) is 5.56 Å². The minimum Gasteiger partial charge on any atom is -0.350 e. The summed E-state index contributed by atoms with van der Waals surface area (Å²) in [4.78, 5) is 11.4. The summed E-state index contributed by atoms with van der Waals surface area (Å²) in [6.45, 7) is 6.57. The number of hydrogen-bond acceptors (Lipinski definition) is 4. The van der Waals surface area contributed by atoms with Crippen LogP contribution in [0.3, 0.4) is 0 Å². The van der Waals surface area contributed by atoms with Gasteiger partial charge in [0.1, 0.15) is 5.82 Å². The molecule has 1 N–H and O–H groups in total. The van der Waals surface area contributed by atoms with Gasteiger partial charge in [-0.15, -0.1) is 0 Å². The molecule has 126 valence electrons. The molecule has 2 aromatic rings. The number of nitrogens with one attached hydrogen (secondary N) is 1. The third-order valence-electron chi connectivity index (χ3n) is 5.56. The molecular weight excluding hydrogens is 303 g/mol. The van der Waals surface area contributed by atoms with Crippen LogP contribution in [-0.2, 0) is 0 Å². The summed E-state index contributed by atoms with van der Waals surface area (Å²) in [5.41, 5.74) is 2.16. The van der Waals surface area contributed by atoms with E-state index >= 15 is 0 Å². The summed E-state index contributed by atoms with van der Waals surface area (Å²) >= 11 is 0. The Labute approximate surface area is 142 Å². The van der Waals surface area contributed by atoms with E-state index in [1.165, 1.54) is 32.0 Å². The highest BCUT2D eigenvalue weighted by molar-refractivity contribution is 5.63.